The second-order valence-electron chi connectivity index (χ2n) is 7.52. The Bertz CT molecular complexity index is 1250. The van der Waals surface area contributed by atoms with Gasteiger partial charge in [0.05, 0.1) is 6.54 Å². The third kappa shape index (κ3) is 3.87. The van der Waals surface area contributed by atoms with Gasteiger partial charge in [-0.25, -0.2) is 4.79 Å². The number of fused-ring (bicyclic) bond motifs is 1. The maximum absolute atomic E-state index is 12.9. The zero-order valence-electron chi connectivity index (χ0n) is 17.8. The molecule has 1 aliphatic heterocycles. The van der Waals surface area contributed by atoms with Crippen molar-refractivity contribution in [3.8, 4) is 23.0 Å². The van der Waals surface area contributed by atoms with Crippen LogP contribution in [0.15, 0.2) is 64.0 Å². The van der Waals surface area contributed by atoms with Crippen LogP contribution in [0.5, 0.6) is 0 Å². The number of carbonyl (C=O) groups is 1. The molecule has 2 aromatic heterocycles. The predicted octanol–water partition coefficient (Wildman–Crippen LogP) is 4.45. The molecule has 2 amide bonds. The maximum Gasteiger partial charge on any atom is 0.322 e. The summed E-state index contributed by atoms with van der Waals surface area (Å²) >= 11 is 1.67. The van der Waals surface area contributed by atoms with E-state index >= 15 is 0 Å². The molecule has 9 heteroatoms. The summed E-state index contributed by atoms with van der Waals surface area (Å²) in [6.45, 7) is 1.04. The fourth-order valence-corrected chi connectivity index (χ4v) is 4.25. The Hall–Kier alpha value is -3.59. The molecule has 0 bridgehead atoms. The van der Waals surface area contributed by atoms with Crippen LogP contribution < -0.4 is 5.32 Å². The number of hydrogen-bond acceptors (Lipinski definition) is 6. The molecular formula is C23H22N6O2S. The topological polar surface area (TPSA) is 89.1 Å². The van der Waals surface area contributed by atoms with Gasteiger partial charge in [0.2, 0.25) is 5.82 Å². The maximum atomic E-state index is 12.9. The molecule has 3 heterocycles. The van der Waals surface area contributed by atoms with Gasteiger partial charge in [-0.3, -0.25) is 4.68 Å². The van der Waals surface area contributed by atoms with E-state index in [0.717, 1.165) is 27.4 Å². The quantitative estimate of drug-likeness (QED) is 0.466. The first-order chi connectivity index (χ1) is 15.6. The van der Waals surface area contributed by atoms with E-state index in [1.807, 2.05) is 72.6 Å². The normalized spacial score (nSPS) is 13.1. The Kier molecular flexibility index (Phi) is 5.40. The van der Waals surface area contributed by atoms with Crippen LogP contribution in [0.4, 0.5) is 10.5 Å². The smallest absolute Gasteiger partial charge is 0.322 e. The highest BCUT2D eigenvalue weighted by Crippen LogP contribution is 2.30. The molecule has 0 spiro atoms. The van der Waals surface area contributed by atoms with Gasteiger partial charge in [-0.2, -0.15) is 10.1 Å². The van der Waals surface area contributed by atoms with Crippen LogP contribution in [0.1, 0.15) is 11.3 Å². The van der Waals surface area contributed by atoms with Gasteiger partial charge in [0, 0.05) is 47.4 Å². The molecule has 8 nitrogen and oxygen atoms in total. The van der Waals surface area contributed by atoms with Crippen LogP contribution in [0, 0.1) is 0 Å². The van der Waals surface area contributed by atoms with Gasteiger partial charge in [-0.05, 0) is 30.5 Å². The first-order valence-corrected chi connectivity index (χ1v) is 11.5. The SMILES string of the molecule is CSc1ccc(NC(=O)N2CCc3c(c(-c4nc(-c5ccccc5)no4)nn3C)C2)cc1. The second kappa shape index (κ2) is 8.51. The highest BCUT2D eigenvalue weighted by Gasteiger charge is 2.29. The Labute approximate surface area is 189 Å². The number of anilines is 1. The van der Waals surface area contributed by atoms with Crippen molar-refractivity contribution < 1.29 is 9.32 Å². The zero-order valence-corrected chi connectivity index (χ0v) is 18.6. The lowest BCUT2D eigenvalue weighted by molar-refractivity contribution is 0.206. The monoisotopic (exact) mass is 446 g/mol. The first-order valence-electron chi connectivity index (χ1n) is 10.3. The average molecular weight is 447 g/mol. The standard InChI is InChI=1S/C23H22N6O2S/c1-28-19-12-13-29(23(30)24-16-8-10-17(32-2)11-9-16)14-18(19)20(26-28)22-25-21(27-31-22)15-6-4-3-5-7-15/h3-11H,12-14H2,1-2H3,(H,24,30). The molecule has 0 unspecified atom stereocenters. The van der Waals surface area contributed by atoms with Crippen molar-refractivity contribution in [2.75, 3.05) is 18.1 Å². The number of hydrogen-bond donors (Lipinski definition) is 1. The van der Waals surface area contributed by atoms with E-state index in [2.05, 4.69) is 20.6 Å². The van der Waals surface area contributed by atoms with Gasteiger partial charge in [0.15, 0.2) is 5.69 Å². The van der Waals surface area contributed by atoms with Crippen molar-refractivity contribution in [2.24, 2.45) is 7.05 Å². The van der Waals surface area contributed by atoms with E-state index < -0.39 is 0 Å². The highest BCUT2D eigenvalue weighted by molar-refractivity contribution is 7.98. The molecule has 0 aliphatic carbocycles. The lowest BCUT2D eigenvalue weighted by atomic mass is 10.1. The lowest BCUT2D eigenvalue weighted by Crippen LogP contribution is -2.39. The van der Waals surface area contributed by atoms with Crippen LogP contribution in [-0.4, -0.2) is 43.7 Å². The van der Waals surface area contributed by atoms with Crippen molar-refractivity contribution in [3.05, 3.63) is 65.9 Å². The van der Waals surface area contributed by atoms with E-state index in [4.69, 9.17) is 4.52 Å². The van der Waals surface area contributed by atoms with E-state index in [0.29, 0.717) is 36.9 Å². The van der Waals surface area contributed by atoms with Crippen LogP contribution in [0.3, 0.4) is 0 Å². The van der Waals surface area contributed by atoms with Gasteiger partial charge >= 0.3 is 6.03 Å². The second-order valence-corrected chi connectivity index (χ2v) is 8.40. The summed E-state index contributed by atoms with van der Waals surface area (Å²) in [6.07, 6.45) is 2.73. The number of rotatable bonds is 4. The number of nitrogens with one attached hydrogen (secondary N) is 1. The highest BCUT2D eigenvalue weighted by atomic mass is 32.2. The average Bonchev–Trinajstić information content (AvgIpc) is 3.45. The van der Waals surface area contributed by atoms with Crippen LogP contribution in [0.2, 0.25) is 0 Å². The summed E-state index contributed by atoms with van der Waals surface area (Å²) in [7, 11) is 1.90. The van der Waals surface area contributed by atoms with E-state index in [9.17, 15) is 4.79 Å². The molecule has 32 heavy (non-hydrogen) atoms. The van der Waals surface area contributed by atoms with E-state index in [1.165, 1.54) is 0 Å². The summed E-state index contributed by atoms with van der Waals surface area (Å²) in [5.74, 6) is 0.870. The van der Waals surface area contributed by atoms with Gasteiger partial charge in [-0.1, -0.05) is 35.5 Å². The molecule has 0 saturated carbocycles. The van der Waals surface area contributed by atoms with Crippen molar-refractivity contribution in [2.45, 2.75) is 17.9 Å². The Morgan fingerprint density at radius 3 is 2.66 bits per heavy atom. The van der Waals surface area contributed by atoms with Crippen molar-refractivity contribution in [1.82, 2.24) is 24.8 Å². The molecule has 0 atom stereocenters. The fourth-order valence-electron chi connectivity index (χ4n) is 3.84. The molecule has 0 saturated heterocycles. The minimum atomic E-state index is -0.141. The van der Waals surface area contributed by atoms with Gasteiger partial charge in [0.1, 0.15) is 0 Å². The molecular weight excluding hydrogens is 424 g/mol. The minimum absolute atomic E-state index is 0.141. The Balaban J connectivity index is 1.37. The Morgan fingerprint density at radius 2 is 1.91 bits per heavy atom. The molecule has 0 radical (unpaired) electrons. The van der Waals surface area contributed by atoms with Crippen LogP contribution in [0.25, 0.3) is 23.0 Å². The van der Waals surface area contributed by atoms with Crippen LogP contribution >= 0.6 is 11.8 Å². The number of aryl methyl sites for hydroxylation is 1. The first kappa shape index (κ1) is 20.3. The van der Waals surface area contributed by atoms with Gasteiger partial charge in [-0.15, -0.1) is 11.8 Å². The molecule has 4 aromatic rings. The molecule has 2 aromatic carbocycles. The molecule has 162 valence electrons. The van der Waals surface area contributed by atoms with Crippen molar-refractivity contribution in [1.29, 1.82) is 0 Å². The van der Waals surface area contributed by atoms with Gasteiger partial charge < -0.3 is 14.7 Å². The molecule has 1 aliphatic rings. The summed E-state index contributed by atoms with van der Waals surface area (Å²) in [5, 5.41) is 11.7. The van der Waals surface area contributed by atoms with E-state index in [1.54, 1.807) is 16.7 Å². The summed E-state index contributed by atoms with van der Waals surface area (Å²) in [5.41, 5.74) is 4.29. The van der Waals surface area contributed by atoms with Crippen molar-refractivity contribution in [3.63, 3.8) is 0 Å². The number of nitrogens with zero attached hydrogens (tertiary/aromatic N) is 5. The molecule has 1 N–H and O–H groups in total. The summed E-state index contributed by atoms with van der Waals surface area (Å²) in [6, 6.07) is 17.3. The fraction of sp³-hybridized carbons (Fsp3) is 0.217. The van der Waals surface area contributed by atoms with Crippen LogP contribution in [-0.2, 0) is 20.0 Å². The molecule has 5 rings (SSSR count). The summed E-state index contributed by atoms with van der Waals surface area (Å²) < 4.78 is 7.38. The van der Waals surface area contributed by atoms with E-state index in [-0.39, 0.29) is 6.03 Å². The number of carbonyl (C=O) groups excluding carboxylic acids is 1. The zero-order chi connectivity index (χ0) is 22.1. The number of benzene rings is 2. The third-order valence-corrected chi connectivity index (χ3v) is 6.27. The summed E-state index contributed by atoms with van der Waals surface area (Å²) in [4.78, 5) is 20.4. The lowest BCUT2D eigenvalue weighted by Gasteiger charge is -2.27. The Morgan fingerprint density at radius 1 is 1.12 bits per heavy atom. The number of amides is 2. The van der Waals surface area contributed by atoms with Gasteiger partial charge in [0.25, 0.3) is 5.89 Å². The number of thioether (sulfide) groups is 1. The third-order valence-electron chi connectivity index (χ3n) is 5.53. The van der Waals surface area contributed by atoms with Crippen molar-refractivity contribution >= 4 is 23.5 Å². The predicted molar refractivity (Wildman–Crippen MR) is 123 cm³/mol. The minimum Gasteiger partial charge on any atom is -0.332 e. The largest absolute Gasteiger partial charge is 0.332 e. The number of aromatic nitrogens is 4. The molecule has 0 fully saturated rings. The number of urea groups is 1.